The third-order valence-electron chi connectivity index (χ3n) is 9.22. The average molecular weight is 621 g/mol. The normalized spacial score (nSPS) is 20.2. The summed E-state index contributed by atoms with van der Waals surface area (Å²) in [5, 5.41) is 0. The van der Waals surface area contributed by atoms with E-state index >= 15 is 0 Å². The van der Waals surface area contributed by atoms with Gasteiger partial charge in [0.05, 0.1) is 12.2 Å². The molecule has 2 heterocycles. The number of ketones is 1. The van der Waals surface area contributed by atoms with Gasteiger partial charge in [-0.15, -0.1) is 0 Å². The Morgan fingerprint density at radius 2 is 1.09 bits per heavy atom. The molecule has 2 atom stereocenters. The van der Waals surface area contributed by atoms with Crippen LogP contribution in [0.25, 0.3) is 0 Å². The minimum absolute atomic E-state index is 0.0404. The van der Waals surface area contributed by atoms with Crippen molar-refractivity contribution in [1.82, 2.24) is 0 Å². The lowest BCUT2D eigenvalue weighted by molar-refractivity contribution is -0.110. The van der Waals surface area contributed by atoms with E-state index in [2.05, 4.69) is 122 Å². The first-order valence-corrected chi connectivity index (χ1v) is 16.5. The Morgan fingerprint density at radius 1 is 0.696 bits per heavy atom. The number of fused-ring (bicyclic) bond motifs is 2. The van der Waals surface area contributed by atoms with Gasteiger partial charge in [0.2, 0.25) is 0 Å². The molecule has 0 saturated heterocycles. The van der Waals surface area contributed by atoms with Crippen molar-refractivity contribution in [2.75, 3.05) is 37.1 Å². The summed E-state index contributed by atoms with van der Waals surface area (Å²) >= 11 is 0. The highest BCUT2D eigenvalue weighted by Gasteiger charge is 2.40. The first kappa shape index (κ1) is 34.9. The zero-order chi connectivity index (χ0) is 33.3. The fourth-order valence-corrected chi connectivity index (χ4v) is 6.43. The minimum atomic E-state index is -0.170. The van der Waals surface area contributed by atoms with Crippen molar-refractivity contribution in [2.24, 2.45) is 0 Å². The van der Waals surface area contributed by atoms with Gasteiger partial charge in [0, 0.05) is 60.9 Å². The number of anilines is 2. The molecule has 244 valence electrons. The molecule has 46 heavy (non-hydrogen) atoms. The summed E-state index contributed by atoms with van der Waals surface area (Å²) in [6.07, 6.45) is 21.9. The molecule has 2 unspecified atom stereocenters. The number of carbonyl (C=O) groups is 1. The van der Waals surface area contributed by atoms with Gasteiger partial charge in [-0.3, -0.25) is 4.79 Å². The Hall–Kier alpha value is -3.93. The number of benzene rings is 2. The van der Waals surface area contributed by atoms with Crippen molar-refractivity contribution in [3.05, 3.63) is 132 Å². The van der Waals surface area contributed by atoms with E-state index in [0.29, 0.717) is 0 Å². The molecule has 0 N–H and O–H groups in total. The summed E-state index contributed by atoms with van der Waals surface area (Å²) in [6.45, 7) is 14.8. The molecule has 0 aromatic heterocycles. The summed E-state index contributed by atoms with van der Waals surface area (Å²) < 4.78 is 10.7. The van der Waals surface area contributed by atoms with Crippen LogP contribution in [-0.4, -0.2) is 45.3 Å². The first-order valence-electron chi connectivity index (χ1n) is 16.5. The van der Waals surface area contributed by atoms with Crippen molar-refractivity contribution >= 4 is 17.2 Å². The van der Waals surface area contributed by atoms with E-state index in [0.717, 1.165) is 25.9 Å². The van der Waals surface area contributed by atoms with Crippen molar-refractivity contribution < 1.29 is 14.3 Å². The predicted molar refractivity (Wildman–Crippen MR) is 194 cm³/mol. The lowest BCUT2D eigenvalue weighted by atomic mass is 9.83. The molecule has 2 aliphatic heterocycles. The van der Waals surface area contributed by atoms with Crippen molar-refractivity contribution in [3.8, 4) is 0 Å². The maximum absolute atomic E-state index is 13.0. The summed E-state index contributed by atoms with van der Waals surface area (Å²) in [7, 11) is 3.45. The van der Waals surface area contributed by atoms with Crippen LogP contribution >= 0.6 is 0 Å². The van der Waals surface area contributed by atoms with Crippen molar-refractivity contribution in [1.29, 1.82) is 0 Å². The molecule has 0 spiro atoms. The number of ether oxygens (including phenoxy) is 2. The van der Waals surface area contributed by atoms with Gasteiger partial charge in [0.1, 0.15) is 0 Å². The standard InChI is InChI=1S/C41H52N2O3/c1-31(45-7)19-13-15-29-42-36-25-11-9-23-34(36)40(3,4)38(42)27-17-21-33(44)22-18-28-39-41(5,6)35-24-10-12-26-37(35)43(39)30-16-14-20-32(2)46-8/h9-14,17-28,31-32H,15-16,29-30H2,1-8H3/b19-13+,20-14+,21-17+,22-18+,38-27+,39-28+. The van der Waals surface area contributed by atoms with Gasteiger partial charge in [-0.1, -0.05) is 101 Å². The Kier molecular flexibility index (Phi) is 11.8. The molecule has 5 nitrogen and oxygen atoms in total. The number of methoxy groups -OCH3 is 2. The van der Waals surface area contributed by atoms with E-state index in [4.69, 9.17) is 9.47 Å². The van der Waals surface area contributed by atoms with E-state index in [1.807, 2.05) is 26.0 Å². The monoisotopic (exact) mass is 620 g/mol. The molecule has 0 fully saturated rings. The highest BCUT2D eigenvalue weighted by atomic mass is 16.5. The predicted octanol–water partition coefficient (Wildman–Crippen LogP) is 8.99. The number of rotatable bonds is 14. The maximum atomic E-state index is 13.0. The van der Waals surface area contributed by atoms with Gasteiger partial charge < -0.3 is 19.3 Å². The Labute approximate surface area is 277 Å². The van der Waals surface area contributed by atoms with Crippen LogP contribution in [-0.2, 0) is 25.1 Å². The summed E-state index contributed by atoms with van der Waals surface area (Å²) in [5.41, 5.74) is 7.09. The largest absolute Gasteiger partial charge is 0.378 e. The molecule has 5 heteroatoms. The van der Waals surface area contributed by atoms with E-state index in [9.17, 15) is 4.79 Å². The molecule has 2 aromatic carbocycles. The zero-order valence-electron chi connectivity index (χ0n) is 29.0. The van der Waals surface area contributed by atoms with Gasteiger partial charge in [-0.2, -0.15) is 0 Å². The summed E-state index contributed by atoms with van der Waals surface area (Å²) in [5.74, 6) is -0.0404. The van der Waals surface area contributed by atoms with E-state index < -0.39 is 0 Å². The van der Waals surface area contributed by atoms with Gasteiger partial charge in [-0.05, 0) is 74.3 Å². The second-order valence-corrected chi connectivity index (χ2v) is 13.1. The van der Waals surface area contributed by atoms with Crippen LogP contribution in [0.5, 0.6) is 0 Å². The topological polar surface area (TPSA) is 42.0 Å². The fraction of sp³-hybridized carbons (Fsp3) is 0.390. The van der Waals surface area contributed by atoms with Crippen LogP contribution < -0.4 is 9.80 Å². The van der Waals surface area contributed by atoms with Gasteiger partial charge in [0.15, 0.2) is 5.78 Å². The van der Waals surface area contributed by atoms with Crippen molar-refractivity contribution in [3.63, 3.8) is 0 Å². The molecule has 2 aliphatic rings. The average Bonchev–Trinajstić information content (AvgIpc) is 3.39. The number of nitrogens with zero attached hydrogens (tertiary/aromatic N) is 2. The number of para-hydroxylation sites is 2. The molecule has 0 saturated carbocycles. The summed E-state index contributed by atoms with van der Waals surface area (Å²) in [4.78, 5) is 17.8. The second kappa shape index (κ2) is 15.6. The minimum Gasteiger partial charge on any atom is -0.378 e. The first-order chi connectivity index (χ1) is 22.0. The molecular weight excluding hydrogens is 568 g/mol. The number of allylic oxidation sites excluding steroid dienone is 8. The Balaban J connectivity index is 1.50. The Bertz CT molecular complexity index is 1420. The van der Waals surface area contributed by atoms with Gasteiger partial charge in [0.25, 0.3) is 0 Å². The number of hydrogen-bond acceptors (Lipinski definition) is 5. The van der Waals surface area contributed by atoms with Crippen LogP contribution in [0.1, 0.15) is 65.5 Å². The second-order valence-electron chi connectivity index (χ2n) is 13.1. The van der Waals surface area contributed by atoms with Crippen molar-refractivity contribution in [2.45, 2.75) is 77.4 Å². The van der Waals surface area contributed by atoms with Crippen LogP contribution in [0.15, 0.2) is 121 Å². The highest BCUT2D eigenvalue weighted by Crippen LogP contribution is 2.48. The maximum Gasteiger partial charge on any atom is 0.178 e. The quantitative estimate of drug-likeness (QED) is 0.156. The molecule has 0 bridgehead atoms. The molecular formula is C41H52N2O3. The van der Waals surface area contributed by atoms with Crippen LogP contribution in [0.4, 0.5) is 11.4 Å². The van der Waals surface area contributed by atoms with E-state index in [-0.39, 0.29) is 28.8 Å². The molecule has 0 amide bonds. The van der Waals surface area contributed by atoms with Gasteiger partial charge >= 0.3 is 0 Å². The Morgan fingerprint density at radius 3 is 1.48 bits per heavy atom. The smallest absolute Gasteiger partial charge is 0.178 e. The number of hydrogen-bond donors (Lipinski definition) is 0. The molecule has 0 aliphatic carbocycles. The fourth-order valence-electron chi connectivity index (χ4n) is 6.43. The van der Waals surface area contributed by atoms with E-state index in [1.165, 1.54) is 33.9 Å². The lowest BCUT2D eigenvalue weighted by Gasteiger charge is -2.26. The third kappa shape index (κ3) is 7.89. The van der Waals surface area contributed by atoms with Crippen LogP contribution in [0.3, 0.4) is 0 Å². The van der Waals surface area contributed by atoms with Crippen LogP contribution in [0.2, 0.25) is 0 Å². The zero-order valence-corrected chi connectivity index (χ0v) is 29.0. The summed E-state index contributed by atoms with van der Waals surface area (Å²) in [6, 6.07) is 17.2. The van der Waals surface area contributed by atoms with Gasteiger partial charge in [-0.25, -0.2) is 0 Å². The van der Waals surface area contributed by atoms with Crippen LogP contribution in [0, 0.1) is 0 Å². The molecule has 4 rings (SSSR count). The SMILES string of the molecule is COC(C)/C=C/CCN1/C(=C/C=C/C(=O)/C=C/C=C2/N(CC/C=C/C(C)OC)c3ccccc3C2(C)C)C(C)(C)c2ccccc21. The third-order valence-corrected chi connectivity index (χ3v) is 9.22. The number of carbonyl (C=O) groups excluding carboxylic acids is 1. The highest BCUT2D eigenvalue weighted by molar-refractivity contribution is 5.99. The molecule has 2 aromatic rings. The molecule has 0 radical (unpaired) electrons. The lowest BCUT2D eigenvalue weighted by Crippen LogP contribution is -2.26. The van der Waals surface area contributed by atoms with E-state index in [1.54, 1.807) is 26.4 Å².